The molecule has 0 spiro atoms. The molecular formula is C14H21N3O7. The second-order valence-corrected chi connectivity index (χ2v) is 5.88. The number of hydrogen-bond acceptors (Lipinski definition) is 6. The first-order chi connectivity index (χ1) is 11.4. The van der Waals surface area contributed by atoms with Gasteiger partial charge in [0, 0.05) is 19.5 Å². The number of epoxide rings is 2. The Bertz CT molecular complexity index is 516. The van der Waals surface area contributed by atoms with Crippen LogP contribution in [0.4, 0.5) is 0 Å². The zero-order valence-corrected chi connectivity index (χ0v) is 13.0. The summed E-state index contributed by atoms with van der Waals surface area (Å²) in [5.41, 5.74) is 5.24. The van der Waals surface area contributed by atoms with Crippen LogP contribution in [0, 0.1) is 11.8 Å². The van der Waals surface area contributed by atoms with Crippen molar-refractivity contribution in [3.8, 4) is 0 Å². The van der Waals surface area contributed by atoms with Gasteiger partial charge in [-0.15, -0.1) is 0 Å². The molecule has 3 amide bonds. The van der Waals surface area contributed by atoms with E-state index in [1.54, 1.807) is 0 Å². The monoisotopic (exact) mass is 343 g/mol. The van der Waals surface area contributed by atoms with Crippen molar-refractivity contribution in [2.45, 2.75) is 25.0 Å². The maximum absolute atomic E-state index is 12.3. The first-order valence-corrected chi connectivity index (χ1v) is 7.65. The SMILES string of the molecule is NC(=O)C(CC(=O)O)C(CC(=O)NCC1CO1)C(=O)NCC1CO1. The van der Waals surface area contributed by atoms with Gasteiger partial charge in [0.25, 0.3) is 0 Å². The first-order valence-electron chi connectivity index (χ1n) is 7.65. The number of primary amides is 1. The average molecular weight is 343 g/mol. The molecule has 0 saturated carbocycles. The molecule has 2 aliphatic heterocycles. The second kappa shape index (κ2) is 8.06. The molecule has 10 nitrogen and oxygen atoms in total. The number of carbonyl (C=O) groups is 4. The highest BCUT2D eigenvalue weighted by Crippen LogP contribution is 2.21. The number of carboxylic acid groups (broad SMARTS) is 1. The highest BCUT2D eigenvalue weighted by Gasteiger charge is 2.37. The third-order valence-corrected chi connectivity index (χ3v) is 3.82. The van der Waals surface area contributed by atoms with Gasteiger partial charge < -0.3 is 30.9 Å². The van der Waals surface area contributed by atoms with Gasteiger partial charge in [-0.05, 0) is 0 Å². The first kappa shape index (κ1) is 18.1. The molecular weight excluding hydrogens is 322 g/mol. The van der Waals surface area contributed by atoms with Gasteiger partial charge in [-0.1, -0.05) is 0 Å². The maximum atomic E-state index is 12.3. The summed E-state index contributed by atoms with van der Waals surface area (Å²) in [6.45, 7) is 1.64. The molecule has 2 rings (SSSR count). The Hall–Kier alpha value is -2.20. The van der Waals surface area contributed by atoms with Gasteiger partial charge in [0.05, 0.1) is 43.7 Å². The maximum Gasteiger partial charge on any atom is 0.304 e. The van der Waals surface area contributed by atoms with Crippen molar-refractivity contribution in [1.29, 1.82) is 0 Å². The van der Waals surface area contributed by atoms with Gasteiger partial charge in [0.1, 0.15) is 0 Å². The molecule has 0 aromatic carbocycles. The Morgan fingerprint density at radius 3 is 2.00 bits per heavy atom. The third kappa shape index (κ3) is 6.13. The summed E-state index contributed by atoms with van der Waals surface area (Å²) >= 11 is 0. The number of carbonyl (C=O) groups excluding carboxylic acids is 3. The predicted octanol–water partition coefficient (Wildman–Crippen LogP) is -2.40. The fraction of sp³-hybridized carbons (Fsp3) is 0.714. The Kier molecular flexibility index (Phi) is 6.10. The number of ether oxygens (including phenoxy) is 2. The van der Waals surface area contributed by atoms with Crippen molar-refractivity contribution in [2.24, 2.45) is 17.6 Å². The van der Waals surface area contributed by atoms with Crippen LogP contribution in [0.3, 0.4) is 0 Å². The van der Waals surface area contributed by atoms with Crippen LogP contribution in [0.2, 0.25) is 0 Å². The normalized spacial score (nSPS) is 23.7. The van der Waals surface area contributed by atoms with Gasteiger partial charge in [0.15, 0.2) is 0 Å². The van der Waals surface area contributed by atoms with E-state index in [4.69, 9.17) is 20.3 Å². The van der Waals surface area contributed by atoms with Crippen LogP contribution in [-0.2, 0) is 28.7 Å². The summed E-state index contributed by atoms with van der Waals surface area (Å²) < 4.78 is 9.93. The van der Waals surface area contributed by atoms with E-state index in [0.29, 0.717) is 19.8 Å². The van der Waals surface area contributed by atoms with Crippen molar-refractivity contribution in [1.82, 2.24) is 10.6 Å². The van der Waals surface area contributed by atoms with Crippen molar-refractivity contribution in [3.63, 3.8) is 0 Å². The van der Waals surface area contributed by atoms with Crippen LogP contribution < -0.4 is 16.4 Å². The van der Waals surface area contributed by atoms with E-state index in [0.717, 1.165) is 0 Å². The molecule has 0 bridgehead atoms. The van der Waals surface area contributed by atoms with Gasteiger partial charge in [-0.3, -0.25) is 19.2 Å². The standard InChI is InChI=1S/C14H21N3O7/c15-13(21)9(2-12(19)20)10(14(22)17-4-8-6-24-8)1-11(18)16-3-7-5-23-7/h7-10H,1-6H2,(H2,15,21)(H,16,18)(H,17,22)(H,19,20). The lowest BCUT2D eigenvalue weighted by molar-refractivity contribution is -0.144. The lowest BCUT2D eigenvalue weighted by Gasteiger charge is -2.22. The minimum atomic E-state index is -1.27. The van der Waals surface area contributed by atoms with Crippen LogP contribution in [0.15, 0.2) is 0 Å². The van der Waals surface area contributed by atoms with E-state index in [2.05, 4.69) is 10.6 Å². The summed E-state index contributed by atoms with van der Waals surface area (Å²) in [6.07, 6.45) is -1.06. The van der Waals surface area contributed by atoms with E-state index in [1.807, 2.05) is 0 Å². The van der Waals surface area contributed by atoms with Gasteiger partial charge >= 0.3 is 5.97 Å². The van der Waals surface area contributed by atoms with E-state index >= 15 is 0 Å². The van der Waals surface area contributed by atoms with E-state index < -0.39 is 41.9 Å². The van der Waals surface area contributed by atoms with Crippen molar-refractivity contribution < 1.29 is 33.8 Å². The zero-order chi connectivity index (χ0) is 17.7. The minimum Gasteiger partial charge on any atom is -0.481 e. The van der Waals surface area contributed by atoms with E-state index in [-0.39, 0.29) is 25.2 Å². The predicted molar refractivity (Wildman–Crippen MR) is 78.5 cm³/mol. The van der Waals surface area contributed by atoms with Crippen LogP contribution in [0.5, 0.6) is 0 Å². The van der Waals surface area contributed by atoms with Gasteiger partial charge in [-0.2, -0.15) is 0 Å². The molecule has 134 valence electrons. The number of nitrogens with two attached hydrogens (primary N) is 1. The lowest BCUT2D eigenvalue weighted by Crippen LogP contribution is -2.44. The quantitative estimate of drug-likeness (QED) is 0.304. The Morgan fingerprint density at radius 2 is 1.54 bits per heavy atom. The van der Waals surface area contributed by atoms with E-state index in [1.165, 1.54) is 0 Å². The summed E-state index contributed by atoms with van der Waals surface area (Å²) in [6, 6.07) is 0. The Morgan fingerprint density at radius 1 is 1.00 bits per heavy atom. The molecule has 0 aliphatic carbocycles. The largest absolute Gasteiger partial charge is 0.481 e. The molecule has 0 aromatic rings. The van der Waals surface area contributed by atoms with Crippen LogP contribution >= 0.6 is 0 Å². The molecule has 4 unspecified atom stereocenters. The van der Waals surface area contributed by atoms with Crippen LogP contribution in [0.25, 0.3) is 0 Å². The molecule has 5 N–H and O–H groups in total. The molecule has 2 fully saturated rings. The topological polar surface area (TPSA) is 164 Å². The summed E-state index contributed by atoms with van der Waals surface area (Å²) in [7, 11) is 0. The van der Waals surface area contributed by atoms with Crippen molar-refractivity contribution >= 4 is 23.7 Å². The van der Waals surface area contributed by atoms with Crippen molar-refractivity contribution in [2.75, 3.05) is 26.3 Å². The Balaban J connectivity index is 1.98. The summed E-state index contributed by atoms with van der Waals surface area (Å²) in [4.78, 5) is 46.8. The number of hydrogen-bond donors (Lipinski definition) is 4. The van der Waals surface area contributed by atoms with Crippen LogP contribution in [0.1, 0.15) is 12.8 Å². The fourth-order valence-corrected chi connectivity index (χ4v) is 2.26. The highest BCUT2D eigenvalue weighted by molar-refractivity contribution is 5.92. The molecule has 2 aliphatic rings. The molecule has 10 heteroatoms. The van der Waals surface area contributed by atoms with Crippen molar-refractivity contribution in [3.05, 3.63) is 0 Å². The second-order valence-electron chi connectivity index (χ2n) is 5.88. The minimum absolute atomic E-state index is 0.0285. The molecule has 4 atom stereocenters. The molecule has 0 aromatic heterocycles. The summed E-state index contributed by atoms with van der Waals surface area (Å²) in [5.74, 6) is -5.69. The summed E-state index contributed by atoms with van der Waals surface area (Å²) in [5, 5.41) is 14.1. The number of aliphatic carboxylic acids is 1. The molecule has 2 heterocycles. The lowest BCUT2D eigenvalue weighted by atomic mass is 9.85. The number of rotatable bonds is 11. The molecule has 24 heavy (non-hydrogen) atoms. The Labute approximate surface area is 138 Å². The fourth-order valence-electron chi connectivity index (χ4n) is 2.26. The average Bonchev–Trinajstić information content (AvgIpc) is 3.39. The zero-order valence-electron chi connectivity index (χ0n) is 13.0. The highest BCUT2D eigenvalue weighted by atomic mass is 16.6. The van der Waals surface area contributed by atoms with Gasteiger partial charge in [-0.25, -0.2) is 0 Å². The third-order valence-electron chi connectivity index (χ3n) is 3.82. The van der Waals surface area contributed by atoms with E-state index in [9.17, 15) is 19.2 Å². The number of carboxylic acids is 1. The smallest absolute Gasteiger partial charge is 0.304 e. The van der Waals surface area contributed by atoms with Crippen LogP contribution in [-0.4, -0.2) is 67.3 Å². The molecule has 0 radical (unpaired) electrons. The molecule has 2 saturated heterocycles. The van der Waals surface area contributed by atoms with Gasteiger partial charge in [0.2, 0.25) is 17.7 Å². The number of amides is 3. The number of nitrogens with one attached hydrogen (secondary N) is 2.